The third kappa shape index (κ3) is 4.57. The summed E-state index contributed by atoms with van der Waals surface area (Å²) in [5, 5.41) is 11.0. The van der Waals surface area contributed by atoms with Crippen LogP contribution in [-0.4, -0.2) is 30.7 Å². The monoisotopic (exact) mass is 496 g/mol. The fourth-order valence-corrected chi connectivity index (χ4v) is 3.48. The Kier molecular flexibility index (Phi) is 5.81. The number of aromatic amines is 1. The van der Waals surface area contributed by atoms with Crippen molar-refractivity contribution in [3.05, 3.63) is 64.7 Å². The maximum Gasteiger partial charge on any atom is 0.437 e. The van der Waals surface area contributed by atoms with E-state index in [2.05, 4.69) is 25.6 Å². The summed E-state index contributed by atoms with van der Waals surface area (Å²) in [6, 6.07) is 7.52. The molecule has 0 spiro atoms. The van der Waals surface area contributed by atoms with Gasteiger partial charge in [0.2, 0.25) is 0 Å². The number of carbonyl (C=O) groups excluding carboxylic acids is 1. The molecule has 13 heteroatoms. The zero-order valence-electron chi connectivity index (χ0n) is 18.5. The molecule has 3 aromatic heterocycles. The number of halogens is 6. The molecule has 7 nitrogen and oxygen atoms in total. The zero-order chi connectivity index (χ0) is 25.7. The Morgan fingerprint density at radius 2 is 1.71 bits per heavy atom. The first-order valence-electron chi connectivity index (χ1n) is 10.3. The van der Waals surface area contributed by atoms with Crippen LogP contribution in [0.15, 0.2) is 36.5 Å². The van der Waals surface area contributed by atoms with Crippen LogP contribution in [0.1, 0.15) is 52.8 Å². The average molecular weight is 496 g/mol. The van der Waals surface area contributed by atoms with Crippen LogP contribution in [0.5, 0.6) is 0 Å². The first-order valence-corrected chi connectivity index (χ1v) is 10.3. The number of amides is 1. The van der Waals surface area contributed by atoms with Crippen molar-refractivity contribution in [3.63, 3.8) is 0 Å². The van der Waals surface area contributed by atoms with Gasteiger partial charge in [0.05, 0.1) is 23.3 Å². The Balaban J connectivity index is 1.83. The fraction of sp³-hybridized carbons (Fsp3) is 0.273. The SMILES string of the molecule is Cc1[nH]nc(C(F)(F)F)c1NC(=O)c1cnn2c(C(F)(F)F)cc(-c3ccc(C(C)C)cc3)nc12. The molecule has 0 saturated heterocycles. The first-order chi connectivity index (χ1) is 16.3. The Morgan fingerprint density at radius 3 is 2.29 bits per heavy atom. The Bertz CT molecular complexity index is 1400. The van der Waals surface area contributed by atoms with Crippen LogP contribution in [0, 0.1) is 6.92 Å². The molecule has 4 aromatic rings. The number of anilines is 1. The van der Waals surface area contributed by atoms with Crippen molar-refractivity contribution in [2.75, 3.05) is 5.32 Å². The summed E-state index contributed by atoms with van der Waals surface area (Å²) >= 11 is 0. The van der Waals surface area contributed by atoms with E-state index in [1.165, 1.54) is 6.92 Å². The minimum Gasteiger partial charge on any atom is -0.318 e. The van der Waals surface area contributed by atoms with Gasteiger partial charge >= 0.3 is 12.4 Å². The zero-order valence-corrected chi connectivity index (χ0v) is 18.5. The number of aryl methyl sites for hydroxylation is 1. The molecule has 0 radical (unpaired) electrons. The Morgan fingerprint density at radius 1 is 1.06 bits per heavy atom. The lowest BCUT2D eigenvalue weighted by Gasteiger charge is -2.13. The summed E-state index contributed by atoms with van der Waals surface area (Å²) in [6.07, 6.45) is -8.90. The molecular weight excluding hydrogens is 478 g/mol. The number of H-pyrrole nitrogens is 1. The molecular formula is C22H18F6N6O. The highest BCUT2D eigenvalue weighted by molar-refractivity contribution is 6.08. The molecule has 3 heterocycles. The number of nitrogens with one attached hydrogen (secondary N) is 2. The van der Waals surface area contributed by atoms with Crippen LogP contribution < -0.4 is 5.32 Å². The maximum absolute atomic E-state index is 13.8. The van der Waals surface area contributed by atoms with E-state index in [1.54, 1.807) is 24.3 Å². The van der Waals surface area contributed by atoms with E-state index in [-0.39, 0.29) is 17.3 Å². The van der Waals surface area contributed by atoms with Crippen LogP contribution >= 0.6 is 0 Å². The number of hydrogen-bond acceptors (Lipinski definition) is 4. The van der Waals surface area contributed by atoms with Crippen molar-refractivity contribution in [1.29, 1.82) is 0 Å². The summed E-state index contributed by atoms with van der Waals surface area (Å²) < 4.78 is 81.5. The van der Waals surface area contributed by atoms with Gasteiger partial charge in [0, 0.05) is 5.56 Å². The molecule has 1 aromatic carbocycles. The van der Waals surface area contributed by atoms with E-state index < -0.39 is 46.5 Å². The van der Waals surface area contributed by atoms with Crippen LogP contribution in [0.4, 0.5) is 32.0 Å². The molecule has 184 valence electrons. The van der Waals surface area contributed by atoms with Crippen molar-refractivity contribution in [2.24, 2.45) is 0 Å². The van der Waals surface area contributed by atoms with Crippen molar-refractivity contribution in [3.8, 4) is 11.3 Å². The summed E-state index contributed by atoms with van der Waals surface area (Å²) in [5.74, 6) is -0.925. The third-order valence-electron chi connectivity index (χ3n) is 5.33. The average Bonchev–Trinajstić information content (AvgIpc) is 3.36. The number of carbonyl (C=O) groups is 1. The van der Waals surface area contributed by atoms with Gasteiger partial charge in [-0.3, -0.25) is 9.89 Å². The minimum absolute atomic E-state index is 0.0786. The van der Waals surface area contributed by atoms with Gasteiger partial charge in [-0.25, -0.2) is 9.50 Å². The number of aromatic nitrogens is 5. The molecule has 0 unspecified atom stereocenters. The highest BCUT2D eigenvalue weighted by Crippen LogP contribution is 2.36. The summed E-state index contributed by atoms with van der Waals surface area (Å²) in [7, 11) is 0. The topological polar surface area (TPSA) is 88.0 Å². The second-order valence-corrected chi connectivity index (χ2v) is 8.12. The van der Waals surface area contributed by atoms with Gasteiger partial charge in [-0.1, -0.05) is 38.1 Å². The number of hydrogen-bond donors (Lipinski definition) is 2. The normalized spacial score (nSPS) is 12.5. The van der Waals surface area contributed by atoms with Gasteiger partial charge in [0.25, 0.3) is 5.91 Å². The summed E-state index contributed by atoms with van der Waals surface area (Å²) in [4.78, 5) is 17.0. The minimum atomic E-state index is -4.87. The van der Waals surface area contributed by atoms with Crippen molar-refractivity contribution in [1.82, 2.24) is 24.8 Å². The molecule has 0 aliphatic carbocycles. The van der Waals surface area contributed by atoms with E-state index in [0.717, 1.165) is 17.8 Å². The standard InChI is InChI=1S/C22H18F6N6O/c1-10(2)12-4-6-13(7-5-12)15-8-16(21(23,24)25)34-19(30-15)14(9-29-34)20(35)31-17-11(3)32-33-18(17)22(26,27)28/h4-10H,1-3H3,(H,31,35)(H,32,33). The maximum atomic E-state index is 13.8. The van der Waals surface area contributed by atoms with E-state index in [1.807, 2.05) is 13.8 Å². The number of fused-ring (bicyclic) bond motifs is 1. The lowest BCUT2D eigenvalue weighted by atomic mass is 10.0. The number of nitrogens with zero attached hydrogens (tertiary/aromatic N) is 4. The highest BCUT2D eigenvalue weighted by atomic mass is 19.4. The summed E-state index contributed by atoms with van der Waals surface area (Å²) in [6.45, 7) is 5.18. The van der Waals surface area contributed by atoms with Gasteiger partial charge < -0.3 is 5.32 Å². The first kappa shape index (κ1) is 24.2. The van der Waals surface area contributed by atoms with Gasteiger partial charge in [0.15, 0.2) is 17.0 Å². The van der Waals surface area contributed by atoms with E-state index in [9.17, 15) is 31.1 Å². The largest absolute Gasteiger partial charge is 0.437 e. The van der Waals surface area contributed by atoms with Crippen molar-refractivity contribution < 1.29 is 31.1 Å². The highest BCUT2D eigenvalue weighted by Gasteiger charge is 2.39. The van der Waals surface area contributed by atoms with Gasteiger partial charge in [-0.05, 0) is 24.5 Å². The second kappa shape index (κ2) is 8.40. The Labute approximate surface area is 194 Å². The smallest absolute Gasteiger partial charge is 0.318 e. The molecule has 35 heavy (non-hydrogen) atoms. The fourth-order valence-electron chi connectivity index (χ4n) is 3.48. The van der Waals surface area contributed by atoms with Gasteiger partial charge in [-0.15, -0.1) is 0 Å². The number of rotatable bonds is 4. The quantitative estimate of drug-likeness (QED) is 0.348. The number of alkyl halides is 6. The molecule has 4 rings (SSSR count). The molecule has 0 bridgehead atoms. The Hall–Kier alpha value is -3.90. The van der Waals surface area contributed by atoms with Crippen molar-refractivity contribution in [2.45, 2.75) is 39.0 Å². The second-order valence-electron chi connectivity index (χ2n) is 8.12. The molecule has 0 atom stereocenters. The molecule has 2 N–H and O–H groups in total. The predicted molar refractivity (Wildman–Crippen MR) is 114 cm³/mol. The molecule has 0 aliphatic rings. The third-order valence-corrected chi connectivity index (χ3v) is 5.33. The van der Waals surface area contributed by atoms with Gasteiger partial charge in [-0.2, -0.15) is 36.5 Å². The van der Waals surface area contributed by atoms with Crippen LogP contribution in [0.3, 0.4) is 0 Å². The van der Waals surface area contributed by atoms with E-state index in [4.69, 9.17) is 0 Å². The lowest BCUT2D eigenvalue weighted by molar-refractivity contribution is -0.142. The van der Waals surface area contributed by atoms with Crippen LogP contribution in [-0.2, 0) is 12.4 Å². The molecule has 1 amide bonds. The van der Waals surface area contributed by atoms with Crippen LogP contribution in [0.2, 0.25) is 0 Å². The summed E-state index contributed by atoms with van der Waals surface area (Å²) in [5.41, 5.74) is -2.94. The molecule has 0 saturated carbocycles. The number of benzene rings is 1. The van der Waals surface area contributed by atoms with Crippen molar-refractivity contribution >= 4 is 17.2 Å². The lowest BCUT2D eigenvalue weighted by Crippen LogP contribution is -2.18. The van der Waals surface area contributed by atoms with Crippen LogP contribution in [0.25, 0.3) is 16.9 Å². The van der Waals surface area contributed by atoms with E-state index >= 15 is 0 Å². The molecule has 0 aliphatic heterocycles. The van der Waals surface area contributed by atoms with Gasteiger partial charge in [0.1, 0.15) is 5.56 Å². The van der Waals surface area contributed by atoms with E-state index in [0.29, 0.717) is 10.1 Å². The predicted octanol–water partition coefficient (Wildman–Crippen LogP) is 5.84. The molecule has 0 fully saturated rings.